The monoisotopic (exact) mass is 1030 g/mol. The fourth-order valence-electron chi connectivity index (χ4n) is 7.20. The summed E-state index contributed by atoms with van der Waals surface area (Å²) in [4.78, 5) is 14.6. The summed E-state index contributed by atoms with van der Waals surface area (Å²) >= 11 is 0. The van der Waals surface area contributed by atoms with Crippen LogP contribution in [0.3, 0.4) is 0 Å². The van der Waals surface area contributed by atoms with Crippen molar-refractivity contribution in [2.45, 2.75) is 12.0 Å². The van der Waals surface area contributed by atoms with Gasteiger partial charge in [-0.05, 0) is 64.8 Å². The number of aromatic amines is 1. The van der Waals surface area contributed by atoms with Gasteiger partial charge >= 0.3 is 0 Å². The summed E-state index contributed by atoms with van der Waals surface area (Å²) in [6.45, 7) is 0. The number of rotatable bonds is 4. The molecule has 0 fully saturated rings. The molecule has 4 aliphatic heterocycles. The number of hydrogen-bond acceptors (Lipinski definition) is 3. The Labute approximate surface area is 435 Å². The molecule has 0 aliphatic carbocycles. The van der Waals surface area contributed by atoms with E-state index in [-0.39, 0.29) is 173 Å². The predicted molar refractivity (Wildman–Crippen MR) is 223 cm³/mol. The molecule has 2 atom stereocenters. The van der Waals surface area contributed by atoms with E-state index in [1.165, 1.54) is 5.56 Å². The summed E-state index contributed by atoms with van der Waals surface area (Å²) in [6, 6.07) is 46.7. The maximum Gasteiger partial charge on any atom is 0.0737 e. The van der Waals surface area contributed by atoms with E-state index in [9.17, 15) is 0 Å². The molecule has 272 valence electrons. The Hall–Kier alpha value is -1.84. The zero-order valence-corrected chi connectivity index (χ0v) is 43.9. The minimum absolute atomic E-state index is 0. The van der Waals surface area contributed by atoms with Gasteiger partial charge in [0.15, 0.2) is 0 Å². The third-order valence-corrected chi connectivity index (χ3v) is 9.38. The maximum atomic E-state index is 5.41. The Morgan fingerprint density at radius 3 is 1.39 bits per heavy atom. The van der Waals surface area contributed by atoms with Crippen molar-refractivity contribution in [1.29, 1.82) is 0 Å². The van der Waals surface area contributed by atoms with Crippen molar-refractivity contribution in [2.24, 2.45) is 9.98 Å². The van der Waals surface area contributed by atoms with E-state index in [1.807, 2.05) is 0 Å². The van der Waals surface area contributed by atoms with Crippen molar-refractivity contribution in [2.75, 3.05) is 0 Å². The second-order valence-corrected chi connectivity index (χ2v) is 12.3. The third kappa shape index (κ3) is 10.5. The topological polar surface area (TPSA) is 52.5 Å². The van der Waals surface area contributed by atoms with Crippen molar-refractivity contribution in [3.05, 3.63) is 250 Å². The number of hydrogen-bond donors (Lipinski definition) is 2. The normalized spacial score (nSPS) is 19.4. The standard InChI is InChI=1S/C44H32N4.4CH3.4Y/c1-5-13-29(14-6-1)41-33-21-23-35(45-33)42(30-15-7-2-8-16-30)37-25-27-39(47-37)44(32-19-11-4-12-20-32)40-28-26-38(48-40)43(31-17-9-3-10-18-31)36-24-22-34(41)46-36;;;;;;;;/h1-28,33,41,45,48H;4*1H3;;;;/q;4*-1;;;;/b42-35-,43-36-,44-39?;;;;;;;;. The van der Waals surface area contributed by atoms with Crippen LogP contribution in [0.15, 0.2) is 197 Å². The van der Waals surface area contributed by atoms with Crippen LogP contribution in [0.25, 0.3) is 16.7 Å². The van der Waals surface area contributed by atoms with Crippen LogP contribution in [0.2, 0.25) is 0 Å². The summed E-state index contributed by atoms with van der Waals surface area (Å²) in [5.41, 5.74) is 14.6. The van der Waals surface area contributed by atoms with Gasteiger partial charge in [0.05, 0.1) is 34.8 Å². The predicted octanol–water partition coefficient (Wildman–Crippen LogP) is 11.1. The van der Waals surface area contributed by atoms with Gasteiger partial charge in [-0.25, -0.2) is 4.99 Å². The van der Waals surface area contributed by atoms with E-state index >= 15 is 0 Å². The molecule has 5 heterocycles. The Balaban J connectivity index is 0.00000196. The van der Waals surface area contributed by atoms with Crippen LogP contribution in [0.4, 0.5) is 0 Å². The molecule has 4 aromatic carbocycles. The molecule has 0 amide bonds. The molecule has 56 heavy (non-hydrogen) atoms. The minimum Gasteiger partial charge on any atom is -0.377 e. The fraction of sp³-hybridized carbons (Fsp3) is 0.0417. The molecule has 2 unspecified atom stereocenters. The van der Waals surface area contributed by atoms with Gasteiger partial charge in [-0.3, -0.25) is 4.99 Å². The largest absolute Gasteiger partial charge is 0.377 e. The zero-order chi connectivity index (χ0) is 31.9. The van der Waals surface area contributed by atoms with Crippen LogP contribution >= 0.6 is 0 Å². The van der Waals surface area contributed by atoms with Crippen LogP contribution in [-0.4, -0.2) is 22.4 Å². The van der Waals surface area contributed by atoms with Crippen LogP contribution in [0.1, 0.15) is 39.6 Å². The van der Waals surface area contributed by atoms with Crippen molar-refractivity contribution in [3.8, 4) is 0 Å². The third-order valence-electron chi connectivity index (χ3n) is 9.38. The van der Waals surface area contributed by atoms with Crippen LogP contribution < -0.4 is 5.32 Å². The Morgan fingerprint density at radius 2 is 0.875 bits per heavy atom. The van der Waals surface area contributed by atoms with Crippen molar-refractivity contribution in [1.82, 2.24) is 10.3 Å². The van der Waals surface area contributed by atoms with Gasteiger partial charge in [0, 0.05) is 165 Å². The van der Waals surface area contributed by atoms with Crippen molar-refractivity contribution < 1.29 is 131 Å². The van der Waals surface area contributed by atoms with Gasteiger partial charge in [-0.1, -0.05) is 127 Å². The summed E-state index contributed by atoms with van der Waals surface area (Å²) in [5.74, 6) is -0.00365. The molecule has 0 spiro atoms. The fourth-order valence-corrected chi connectivity index (χ4v) is 7.20. The molecule has 8 heteroatoms. The van der Waals surface area contributed by atoms with Crippen LogP contribution in [0.5, 0.6) is 0 Å². The smallest absolute Gasteiger partial charge is 0.0737 e. The number of nitrogens with zero attached hydrogens (tertiary/aromatic N) is 2. The molecule has 9 rings (SSSR count). The minimum atomic E-state index is -0.00471. The number of fused-ring (bicyclic) bond motifs is 6. The van der Waals surface area contributed by atoms with Crippen molar-refractivity contribution in [3.63, 3.8) is 0 Å². The first kappa shape index (κ1) is 52.2. The van der Waals surface area contributed by atoms with E-state index < -0.39 is 0 Å². The molecule has 5 aromatic rings. The van der Waals surface area contributed by atoms with E-state index in [0.29, 0.717) is 0 Å². The Bertz CT molecular complexity index is 2300. The molecule has 8 bridgehead atoms. The number of allylic oxidation sites excluding steroid dienone is 6. The Kier molecular flexibility index (Phi) is 22.1. The van der Waals surface area contributed by atoms with Gasteiger partial charge in [-0.2, -0.15) is 0 Å². The molecular weight excluding hydrogens is 988 g/mol. The molecule has 0 saturated heterocycles. The van der Waals surface area contributed by atoms with Crippen LogP contribution in [-0.2, 0) is 131 Å². The summed E-state index contributed by atoms with van der Waals surface area (Å²) < 4.78 is 0. The first-order valence-electron chi connectivity index (χ1n) is 16.4. The van der Waals surface area contributed by atoms with E-state index in [4.69, 9.17) is 9.98 Å². The van der Waals surface area contributed by atoms with E-state index in [1.54, 1.807) is 0 Å². The number of aromatic nitrogens is 1. The molecule has 4 radical (unpaired) electrons. The first-order chi connectivity index (χ1) is 23.8. The average Bonchev–Trinajstić information content (AvgIpc) is 3.98. The Morgan fingerprint density at radius 1 is 0.429 bits per heavy atom. The number of nitrogens with one attached hydrogen (secondary N) is 2. The molecule has 0 saturated carbocycles. The maximum absolute atomic E-state index is 5.41. The average molecular weight is 1030 g/mol. The van der Waals surface area contributed by atoms with Gasteiger partial charge < -0.3 is 40.0 Å². The van der Waals surface area contributed by atoms with Gasteiger partial charge in [0.25, 0.3) is 0 Å². The molecule has 2 N–H and O–H groups in total. The van der Waals surface area contributed by atoms with Gasteiger partial charge in [-0.15, -0.1) is 0 Å². The van der Waals surface area contributed by atoms with E-state index in [0.717, 1.165) is 73.3 Å². The van der Waals surface area contributed by atoms with Crippen LogP contribution in [0, 0.1) is 29.7 Å². The SMILES string of the molecule is C1=CC2=C(c3ccccc3)c3ccc([nH]3)/C(c3ccccc3)=C3/C=CC(=N3)C(c3ccccc3)C3C=C/C(=C(\c4ccccc4)C1=N2)N3.[CH3-].[CH3-].[CH3-].[CH3-].[Y].[Y].[Y].[Y]. The molecule has 1 aromatic heterocycles. The number of H-pyrrole nitrogens is 1. The quantitative estimate of drug-likeness (QED) is 0.173. The molecule has 4 nitrogen and oxygen atoms in total. The molecular formula is C48H44N4Y4-4. The number of benzene rings is 4. The zero-order valence-electron chi connectivity index (χ0n) is 32.5. The molecule has 4 aliphatic rings. The summed E-state index contributed by atoms with van der Waals surface area (Å²) in [5, 5.41) is 3.92. The van der Waals surface area contributed by atoms with Crippen molar-refractivity contribution >= 4 is 28.1 Å². The first-order valence-corrected chi connectivity index (χ1v) is 16.4. The second-order valence-electron chi connectivity index (χ2n) is 12.3. The summed E-state index contributed by atoms with van der Waals surface area (Å²) in [6.07, 6.45) is 13.2. The van der Waals surface area contributed by atoms with Gasteiger partial charge in [0.2, 0.25) is 0 Å². The number of aliphatic imine (C=N–C) groups is 2. The van der Waals surface area contributed by atoms with Gasteiger partial charge in [0.1, 0.15) is 0 Å². The second kappa shape index (κ2) is 23.7. The van der Waals surface area contributed by atoms with E-state index in [2.05, 4.69) is 180 Å². The summed E-state index contributed by atoms with van der Waals surface area (Å²) in [7, 11) is 0.